The highest BCUT2D eigenvalue weighted by Crippen LogP contribution is 2.25. The average Bonchev–Trinajstić information content (AvgIpc) is 3.38. The van der Waals surface area contributed by atoms with Crippen LogP contribution in [-0.2, 0) is 17.1 Å². The Morgan fingerprint density at radius 1 is 1.03 bits per heavy atom. The number of benzene rings is 3. The molecule has 1 amide bonds. The monoisotopic (exact) mass is 518 g/mol. The van der Waals surface area contributed by atoms with Gasteiger partial charge in [-0.05, 0) is 67.9 Å². The Hall–Kier alpha value is -3.13. The molecule has 0 atom stereocenters. The third kappa shape index (κ3) is 6.55. The molecule has 1 aliphatic rings. The van der Waals surface area contributed by atoms with Gasteiger partial charge in [-0.25, -0.2) is 0 Å². The van der Waals surface area contributed by atoms with Crippen LogP contribution in [0.5, 0.6) is 0 Å². The molecule has 8 heteroatoms. The standard InChI is InChI=1S/C28H27ClN4O2S/c29-23-6-4-5-22(17-23)27-31-26(35-32-27)18-33-15-13-21(14-16-33)28(34)30-24-11-9-20(10-12-24)19-36-25-7-2-1-3-8-25/h1-12,17,21H,13-16,18-19H2,(H,30,34). The maximum Gasteiger partial charge on any atom is 0.241 e. The SMILES string of the molecule is O=C(Nc1ccc(CSc2ccccc2)cc1)C1CCN(Cc2nc(-c3cccc(Cl)c3)no2)CC1. The van der Waals surface area contributed by atoms with Gasteiger partial charge in [-0.2, -0.15) is 4.98 Å². The van der Waals surface area contributed by atoms with E-state index in [1.807, 2.05) is 42.5 Å². The maximum absolute atomic E-state index is 12.8. The first kappa shape index (κ1) is 24.6. The fourth-order valence-corrected chi connectivity index (χ4v) is 5.29. The van der Waals surface area contributed by atoms with E-state index in [4.69, 9.17) is 16.1 Å². The van der Waals surface area contributed by atoms with Crippen LogP contribution in [0.4, 0.5) is 5.69 Å². The number of amides is 1. The molecule has 0 saturated carbocycles. The second-order valence-corrected chi connectivity index (χ2v) is 10.3. The van der Waals surface area contributed by atoms with Gasteiger partial charge in [-0.3, -0.25) is 9.69 Å². The van der Waals surface area contributed by atoms with Crippen molar-refractivity contribution in [3.05, 3.63) is 95.3 Å². The molecule has 4 aromatic rings. The highest BCUT2D eigenvalue weighted by atomic mass is 35.5. The van der Waals surface area contributed by atoms with Crippen molar-refractivity contribution in [3.63, 3.8) is 0 Å². The average molecular weight is 519 g/mol. The molecule has 5 rings (SSSR count). The summed E-state index contributed by atoms with van der Waals surface area (Å²) >= 11 is 7.87. The predicted octanol–water partition coefficient (Wildman–Crippen LogP) is 6.53. The molecule has 0 radical (unpaired) electrons. The van der Waals surface area contributed by atoms with Crippen LogP contribution >= 0.6 is 23.4 Å². The highest BCUT2D eigenvalue weighted by molar-refractivity contribution is 7.98. The van der Waals surface area contributed by atoms with Crippen molar-refractivity contribution < 1.29 is 9.32 Å². The lowest BCUT2D eigenvalue weighted by molar-refractivity contribution is -0.121. The van der Waals surface area contributed by atoms with Crippen molar-refractivity contribution >= 4 is 35.0 Å². The molecule has 184 valence electrons. The number of hydrogen-bond acceptors (Lipinski definition) is 6. The summed E-state index contributed by atoms with van der Waals surface area (Å²) in [5.74, 6) is 2.09. The molecule has 0 spiro atoms. The third-order valence-electron chi connectivity index (χ3n) is 6.24. The summed E-state index contributed by atoms with van der Waals surface area (Å²) in [6.45, 7) is 2.19. The lowest BCUT2D eigenvalue weighted by Gasteiger charge is -2.30. The van der Waals surface area contributed by atoms with Crippen molar-refractivity contribution in [2.75, 3.05) is 18.4 Å². The fourth-order valence-electron chi connectivity index (χ4n) is 4.22. The van der Waals surface area contributed by atoms with Gasteiger partial charge < -0.3 is 9.84 Å². The molecule has 6 nitrogen and oxygen atoms in total. The summed E-state index contributed by atoms with van der Waals surface area (Å²) in [5, 5.41) is 7.80. The molecule has 3 aromatic carbocycles. The molecule has 1 N–H and O–H groups in total. The van der Waals surface area contributed by atoms with Gasteiger partial charge in [0, 0.05) is 32.8 Å². The van der Waals surface area contributed by atoms with Gasteiger partial charge in [0.15, 0.2) is 0 Å². The van der Waals surface area contributed by atoms with Gasteiger partial charge in [0.1, 0.15) is 0 Å². The van der Waals surface area contributed by atoms with Crippen molar-refractivity contribution in [1.29, 1.82) is 0 Å². The maximum atomic E-state index is 12.8. The normalized spacial score (nSPS) is 14.6. The third-order valence-corrected chi connectivity index (χ3v) is 7.56. The zero-order chi connectivity index (χ0) is 24.7. The smallest absolute Gasteiger partial charge is 0.241 e. The van der Waals surface area contributed by atoms with E-state index >= 15 is 0 Å². The fraction of sp³-hybridized carbons (Fsp3) is 0.250. The number of piperidine rings is 1. The number of rotatable bonds is 8. The van der Waals surface area contributed by atoms with Crippen molar-refractivity contribution in [1.82, 2.24) is 15.0 Å². The summed E-state index contributed by atoms with van der Waals surface area (Å²) in [7, 11) is 0. The Kier molecular flexibility index (Phi) is 8.01. The number of carbonyl (C=O) groups is 1. The van der Waals surface area contributed by atoms with Gasteiger partial charge >= 0.3 is 0 Å². The zero-order valence-electron chi connectivity index (χ0n) is 19.8. The number of likely N-dealkylation sites (tertiary alicyclic amines) is 1. The van der Waals surface area contributed by atoms with Crippen LogP contribution in [0, 0.1) is 5.92 Å². The van der Waals surface area contributed by atoms with Gasteiger partial charge in [0.2, 0.25) is 17.6 Å². The quantitative estimate of drug-likeness (QED) is 0.267. The molecule has 1 aliphatic heterocycles. The van der Waals surface area contributed by atoms with E-state index in [1.54, 1.807) is 11.8 Å². The number of thioether (sulfide) groups is 1. The van der Waals surface area contributed by atoms with Crippen LogP contribution in [0.15, 0.2) is 88.3 Å². The van der Waals surface area contributed by atoms with Gasteiger partial charge in [0.25, 0.3) is 0 Å². The van der Waals surface area contributed by atoms with E-state index in [0.717, 1.165) is 42.9 Å². The molecule has 0 bridgehead atoms. The molecule has 0 unspecified atom stereocenters. The second kappa shape index (κ2) is 11.7. The Balaban J connectivity index is 1.07. The Bertz CT molecular complexity index is 1290. The predicted molar refractivity (Wildman–Crippen MR) is 144 cm³/mol. The molecule has 2 heterocycles. The second-order valence-electron chi connectivity index (χ2n) is 8.86. The first-order valence-corrected chi connectivity index (χ1v) is 13.4. The Morgan fingerprint density at radius 3 is 2.56 bits per heavy atom. The van der Waals surface area contributed by atoms with Crippen LogP contribution in [-0.4, -0.2) is 34.0 Å². The van der Waals surface area contributed by atoms with Crippen molar-refractivity contribution in [2.45, 2.75) is 30.0 Å². The topological polar surface area (TPSA) is 71.3 Å². The van der Waals surface area contributed by atoms with Crippen LogP contribution in [0.25, 0.3) is 11.4 Å². The van der Waals surface area contributed by atoms with Gasteiger partial charge in [-0.15, -0.1) is 11.8 Å². The first-order valence-electron chi connectivity index (χ1n) is 12.0. The van der Waals surface area contributed by atoms with Crippen LogP contribution < -0.4 is 5.32 Å². The van der Waals surface area contributed by atoms with E-state index < -0.39 is 0 Å². The minimum absolute atomic E-state index is 0.000676. The van der Waals surface area contributed by atoms with Crippen molar-refractivity contribution in [2.24, 2.45) is 5.92 Å². The first-order chi connectivity index (χ1) is 17.6. The number of aromatic nitrogens is 2. The zero-order valence-corrected chi connectivity index (χ0v) is 21.3. The summed E-state index contributed by atoms with van der Waals surface area (Å²) in [6, 6.07) is 25.9. The van der Waals surface area contributed by atoms with E-state index in [9.17, 15) is 4.79 Å². The molecule has 36 heavy (non-hydrogen) atoms. The molecule has 1 saturated heterocycles. The summed E-state index contributed by atoms with van der Waals surface area (Å²) in [6.07, 6.45) is 1.60. The highest BCUT2D eigenvalue weighted by Gasteiger charge is 2.26. The Labute approximate surface area is 220 Å². The van der Waals surface area contributed by atoms with Crippen LogP contribution in [0.3, 0.4) is 0 Å². The van der Waals surface area contributed by atoms with Crippen molar-refractivity contribution in [3.8, 4) is 11.4 Å². The summed E-state index contributed by atoms with van der Waals surface area (Å²) in [4.78, 5) is 20.8. The number of nitrogens with zero attached hydrogens (tertiary/aromatic N) is 3. The summed E-state index contributed by atoms with van der Waals surface area (Å²) in [5.41, 5.74) is 2.90. The minimum Gasteiger partial charge on any atom is -0.338 e. The van der Waals surface area contributed by atoms with Crippen LogP contribution in [0.1, 0.15) is 24.3 Å². The molecular weight excluding hydrogens is 492 g/mol. The van der Waals surface area contributed by atoms with Gasteiger partial charge in [-0.1, -0.05) is 59.2 Å². The lowest BCUT2D eigenvalue weighted by atomic mass is 9.96. The molecule has 1 fully saturated rings. The number of anilines is 1. The number of nitrogens with one attached hydrogen (secondary N) is 1. The Morgan fingerprint density at radius 2 is 1.81 bits per heavy atom. The van der Waals surface area contributed by atoms with Gasteiger partial charge in [0.05, 0.1) is 6.54 Å². The molecule has 0 aliphatic carbocycles. The lowest BCUT2D eigenvalue weighted by Crippen LogP contribution is -2.37. The number of hydrogen-bond donors (Lipinski definition) is 1. The van der Waals surface area contributed by atoms with E-state index in [2.05, 4.69) is 56.8 Å². The van der Waals surface area contributed by atoms with Crippen LogP contribution in [0.2, 0.25) is 5.02 Å². The number of carbonyl (C=O) groups excluding carboxylic acids is 1. The minimum atomic E-state index is -0.000676. The van der Waals surface area contributed by atoms with E-state index in [1.165, 1.54) is 10.5 Å². The largest absolute Gasteiger partial charge is 0.338 e. The number of halogens is 1. The van der Waals surface area contributed by atoms with E-state index in [0.29, 0.717) is 23.3 Å². The molecular formula is C28H27ClN4O2S. The molecule has 1 aromatic heterocycles. The summed E-state index contributed by atoms with van der Waals surface area (Å²) < 4.78 is 5.44. The van der Waals surface area contributed by atoms with E-state index in [-0.39, 0.29) is 11.8 Å².